The van der Waals surface area contributed by atoms with Gasteiger partial charge in [0.25, 0.3) is 5.91 Å². The topological polar surface area (TPSA) is 44.1 Å². The summed E-state index contributed by atoms with van der Waals surface area (Å²) in [7, 11) is 0. The van der Waals surface area contributed by atoms with Crippen LogP contribution in [0.4, 0.5) is 8.78 Å². The minimum absolute atomic E-state index is 0.0701. The van der Waals surface area contributed by atoms with Crippen LogP contribution < -0.4 is 0 Å². The molecule has 1 aromatic rings. The summed E-state index contributed by atoms with van der Waals surface area (Å²) in [5.41, 5.74) is -0.0701. The molecule has 0 aromatic heterocycles. The molecule has 1 heterocycles. The molecule has 1 saturated heterocycles. The predicted molar refractivity (Wildman–Crippen MR) is 74.4 cm³/mol. The van der Waals surface area contributed by atoms with Crippen LogP contribution in [-0.4, -0.2) is 23.9 Å². The van der Waals surface area contributed by atoms with Crippen LogP contribution in [0.5, 0.6) is 0 Å². The van der Waals surface area contributed by atoms with E-state index in [4.69, 9.17) is 5.26 Å². The van der Waals surface area contributed by atoms with Crippen molar-refractivity contribution in [2.45, 2.75) is 32.1 Å². The van der Waals surface area contributed by atoms with Crippen molar-refractivity contribution < 1.29 is 13.6 Å². The van der Waals surface area contributed by atoms with Gasteiger partial charge in [0.1, 0.15) is 11.6 Å². The summed E-state index contributed by atoms with van der Waals surface area (Å²) in [5, 5.41) is 8.52. The van der Waals surface area contributed by atoms with Gasteiger partial charge in [0.2, 0.25) is 0 Å². The molecule has 0 unspecified atom stereocenters. The smallest absolute Gasteiger partial charge is 0.256 e. The standard InChI is InChI=1S/C16H18F2N2O/c17-13-4-5-14(15(18)11-13)16(21)20-9-6-12(7-10-20)3-1-2-8-19/h4-5,11-12H,1-3,6-7,9-10H2. The lowest BCUT2D eigenvalue weighted by Crippen LogP contribution is -2.38. The van der Waals surface area contributed by atoms with Gasteiger partial charge in [-0.25, -0.2) is 8.78 Å². The van der Waals surface area contributed by atoms with E-state index in [-0.39, 0.29) is 11.5 Å². The van der Waals surface area contributed by atoms with E-state index in [1.165, 1.54) is 6.07 Å². The SMILES string of the molecule is N#CCCCC1CCN(C(=O)c2ccc(F)cc2F)CC1. The molecule has 112 valence electrons. The Balaban J connectivity index is 1.90. The molecule has 1 amide bonds. The molecule has 1 aromatic carbocycles. The quantitative estimate of drug-likeness (QED) is 0.797. The minimum Gasteiger partial charge on any atom is -0.339 e. The normalized spacial score (nSPS) is 15.8. The Hall–Kier alpha value is -1.96. The zero-order valence-corrected chi connectivity index (χ0v) is 11.8. The Morgan fingerprint density at radius 3 is 2.67 bits per heavy atom. The lowest BCUT2D eigenvalue weighted by atomic mass is 9.91. The molecular weight excluding hydrogens is 274 g/mol. The molecule has 0 radical (unpaired) electrons. The number of carbonyl (C=O) groups excluding carboxylic acids is 1. The molecule has 0 atom stereocenters. The largest absolute Gasteiger partial charge is 0.339 e. The van der Waals surface area contributed by atoms with Gasteiger partial charge in [-0.3, -0.25) is 4.79 Å². The van der Waals surface area contributed by atoms with Crippen molar-refractivity contribution in [3.63, 3.8) is 0 Å². The van der Waals surface area contributed by atoms with Gasteiger partial charge >= 0.3 is 0 Å². The van der Waals surface area contributed by atoms with Crippen molar-refractivity contribution in [3.05, 3.63) is 35.4 Å². The molecule has 2 rings (SSSR count). The highest BCUT2D eigenvalue weighted by Gasteiger charge is 2.25. The van der Waals surface area contributed by atoms with Gasteiger partial charge in [0.05, 0.1) is 11.6 Å². The van der Waals surface area contributed by atoms with Gasteiger partial charge in [-0.2, -0.15) is 5.26 Å². The van der Waals surface area contributed by atoms with E-state index in [0.29, 0.717) is 25.4 Å². The van der Waals surface area contributed by atoms with E-state index in [1.807, 2.05) is 0 Å². The number of nitrogens with zero attached hydrogens (tertiary/aromatic N) is 2. The molecule has 3 nitrogen and oxygen atoms in total. The lowest BCUT2D eigenvalue weighted by molar-refractivity contribution is 0.0681. The third-order valence-corrected chi connectivity index (χ3v) is 3.96. The fraction of sp³-hybridized carbons (Fsp3) is 0.500. The molecule has 0 saturated carbocycles. The average Bonchev–Trinajstić information content (AvgIpc) is 2.48. The maximum absolute atomic E-state index is 13.6. The van der Waals surface area contributed by atoms with E-state index in [9.17, 15) is 13.6 Å². The predicted octanol–water partition coefficient (Wildman–Crippen LogP) is 3.51. The van der Waals surface area contributed by atoms with Crippen LogP contribution in [0, 0.1) is 28.9 Å². The second kappa shape index (κ2) is 7.16. The number of carbonyl (C=O) groups is 1. The zero-order valence-electron chi connectivity index (χ0n) is 11.8. The summed E-state index contributed by atoms with van der Waals surface area (Å²) >= 11 is 0. The third kappa shape index (κ3) is 4.01. The summed E-state index contributed by atoms with van der Waals surface area (Å²) < 4.78 is 26.5. The molecule has 0 aliphatic carbocycles. The van der Waals surface area contributed by atoms with Crippen LogP contribution in [0.1, 0.15) is 42.5 Å². The minimum atomic E-state index is -0.809. The second-order valence-corrected chi connectivity index (χ2v) is 5.41. The molecule has 0 bridgehead atoms. The Morgan fingerprint density at radius 2 is 2.05 bits per heavy atom. The van der Waals surface area contributed by atoms with Crippen LogP contribution in [0.25, 0.3) is 0 Å². The fourth-order valence-electron chi connectivity index (χ4n) is 2.73. The van der Waals surface area contributed by atoms with Crippen molar-refractivity contribution in [2.75, 3.05) is 13.1 Å². The van der Waals surface area contributed by atoms with E-state index in [1.54, 1.807) is 4.90 Å². The lowest BCUT2D eigenvalue weighted by Gasteiger charge is -2.32. The maximum Gasteiger partial charge on any atom is 0.256 e. The molecular formula is C16H18F2N2O. The van der Waals surface area contributed by atoms with Crippen LogP contribution in [0.2, 0.25) is 0 Å². The van der Waals surface area contributed by atoms with Crippen LogP contribution in [-0.2, 0) is 0 Å². The van der Waals surface area contributed by atoms with Gasteiger partial charge in [0.15, 0.2) is 0 Å². The number of amides is 1. The first kappa shape index (κ1) is 15.4. The highest BCUT2D eigenvalue weighted by atomic mass is 19.1. The number of hydrogen-bond acceptors (Lipinski definition) is 2. The number of hydrogen-bond donors (Lipinski definition) is 0. The van der Waals surface area contributed by atoms with E-state index >= 15 is 0 Å². The number of unbranched alkanes of at least 4 members (excludes halogenated alkanes) is 1. The summed E-state index contributed by atoms with van der Waals surface area (Å²) in [6.07, 6.45) is 4.21. The van der Waals surface area contributed by atoms with Crippen molar-refractivity contribution in [2.24, 2.45) is 5.92 Å². The molecule has 5 heteroatoms. The van der Waals surface area contributed by atoms with Gasteiger partial charge < -0.3 is 4.90 Å². The zero-order chi connectivity index (χ0) is 15.2. The van der Waals surface area contributed by atoms with Crippen molar-refractivity contribution in [1.29, 1.82) is 5.26 Å². The number of halogens is 2. The summed E-state index contributed by atoms with van der Waals surface area (Å²) in [4.78, 5) is 13.8. The molecule has 1 aliphatic rings. The number of benzene rings is 1. The fourth-order valence-corrected chi connectivity index (χ4v) is 2.73. The Morgan fingerprint density at radius 1 is 1.33 bits per heavy atom. The van der Waals surface area contributed by atoms with Gasteiger partial charge in [-0.15, -0.1) is 0 Å². The second-order valence-electron chi connectivity index (χ2n) is 5.41. The van der Waals surface area contributed by atoms with Gasteiger partial charge in [-0.1, -0.05) is 0 Å². The molecule has 21 heavy (non-hydrogen) atoms. The summed E-state index contributed by atoms with van der Waals surface area (Å²) in [5.74, 6) is -1.33. The summed E-state index contributed by atoms with van der Waals surface area (Å²) in [6, 6.07) is 5.17. The Labute approximate surface area is 123 Å². The summed E-state index contributed by atoms with van der Waals surface area (Å²) in [6.45, 7) is 1.18. The molecule has 1 aliphatic heterocycles. The Bertz CT molecular complexity index is 546. The van der Waals surface area contributed by atoms with E-state index < -0.39 is 11.6 Å². The molecule has 0 spiro atoms. The number of likely N-dealkylation sites (tertiary alicyclic amines) is 1. The monoisotopic (exact) mass is 292 g/mol. The number of rotatable bonds is 4. The highest BCUT2D eigenvalue weighted by molar-refractivity contribution is 5.94. The van der Waals surface area contributed by atoms with Crippen molar-refractivity contribution in [1.82, 2.24) is 4.90 Å². The maximum atomic E-state index is 13.6. The highest BCUT2D eigenvalue weighted by Crippen LogP contribution is 2.24. The average molecular weight is 292 g/mol. The third-order valence-electron chi connectivity index (χ3n) is 3.96. The van der Waals surface area contributed by atoms with Crippen LogP contribution >= 0.6 is 0 Å². The van der Waals surface area contributed by atoms with Crippen LogP contribution in [0.3, 0.4) is 0 Å². The molecule has 0 N–H and O–H groups in total. The number of nitriles is 1. The van der Waals surface area contributed by atoms with E-state index in [2.05, 4.69) is 6.07 Å². The van der Waals surface area contributed by atoms with Gasteiger partial charge in [0, 0.05) is 25.6 Å². The van der Waals surface area contributed by atoms with Crippen molar-refractivity contribution >= 4 is 5.91 Å². The molecule has 1 fully saturated rings. The number of piperidine rings is 1. The van der Waals surface area contributed by atoms with Crippen LogP contribution in [0.15, 0.2) is 18.2 Å². The Kier molecular flexibility index (Phi) is 5.26. The van der Waals surface area contributed by atoms with E-state index in [0.717, 1.165) is 37.8 Å². The first-order chi connectivity index (χ1) is 10.1. The van der Waals surface area contributed by atoms with Crippen molar-refractivity contribution in [3.8, 4) is 6.07 Å². The first-order valence-corrected chi connectivity index (χ1v) is 7.23. The van der Waals surface area contributed by atoms with Gasteiger partial charge in [-0.05, 0) is 43.7 Å². The first-order valence-electron chi connectivity index (χ1n) is 7.23.